The van der Waals surface area contributed by atoms with Crippen LogP contribution in [0.5, 0.6) is 0 Å². The van der Waals surface area contributed by atoms with Crippen molar-refractivity contribution in [3.05, 3.63) is 0 Å². The summed E-state index contributed by atoms with van der Waals surface area (Å²) in [7, 11) is -0.605. The van der Waals surface area contributed by atoms with Crippen LogP contribution in [-0.2, 0) is 32.9 Å². The topological polar surface area (TPSA) is 88.1 Å². The molecule has 4 saturated heterocycles. The lowest BCUT2D eigenvalue weighted by Crippen LogP contribution is -2.62. The number of rotatable bonds is 7. The molecule has 0 saturated carbocycles. The van der Waals surface area contributed by atoms with E-state index in [1.165, 1.54) is 0 Å². The standard InChI is InChI=1S/C25H40O7P2/c1-13(2)9-24(14(3)4)12-19-23(32-24)16(6)11-25(31-19)10-15(5)22-18(30-25)7-20(33-27)17(29-22)8-21(26)34-28/h13-20,22-23H,7-12H2,1-6H3/t15-,16-,17+,18-,19-,20+,22-,23-,24-,25+/m0/s1. The fourth-order valence-electron chi connectivity index (χ4n) is 6.97. The average Bonchev–Trinajstić information content (AvgIpc) is 3.12. The summed E-state index contributed by atoms with van der Waals surface area (Å²) in [6.07, 6.45) is 3.01. The van der Waals surface area contributed by atoms with Crippen LogP contribution in [-0.4, -0.2) is 53.1 Å². The molecule has 4 aliphatic rings. The van der Waals surface area contributed by atoms with Gasteiger partial charge in [0.1, 0.15) is 0 Å². The first-order valence-corrected chi connectivity index (χ1v) is 14.6. The van der Waals surface area contributed by atoms with Crippen molar-refractivity contribution in [3.8, 4) is 0 Å². The summed E-state index contributed by atoms with van der Waals surface area (Å²) in [5, 5.41) is 0. The summed E-state index contributed by atoms with van der Waals surface area (Å²) in [5.41, 5.74) is -0.963. The summed E-state index contributed by atoms with van der Waals surface area (Å²) in [4.78, 5) is 11.8. The van der Waals surface area contributed by atoms with Crippen LogP contribution < -0.4 is 0 Å². The van der Waals surface area contributed by atoms with E-state index in [2.05, 4.69) is 41.5 Å². The van der Waals surface area contributed by atoms with Crippen molar-refractivity contribution in [1.29, 1.82) is 0 Å². The Labute approximate surface area is 206 Å². The lowest BCUT2D eigenvalue weighted by molar-refractivity contribution is -0.364. The number of carbonyl (C=O) groups excluding carboxylic acids is 1. The Morgan fingerprint density at radius 1 is 0.941 bits per heavy atom. The molecule has 192 valence electrons. The number of carbonyl (C=O) groups is 1. The zero-order chi connectivity index (χ0) is 24.8. The predicted molar refractivity (Wildman–Crippen MR) is 128 cm³/mol. The highest BCUT2D eigenvalue weighted by molar-refractivity contribution is 7.46. The van der Waals surface area contributed by atoms with Crippen molar-refractivity contribution >= 4 is 22.4 Å². The molecular weight excluding hydrogens is 474 g/mol. The van der Waals surface area contributed by atoms with Crippen LogP contribution in [0.2, 0.25) is 0 Å². The van der Waals surface area contributed by atoms with Gasteiger partial charge in [0, 0.05) is 25.7 Å². The zero-order valence-corrected chi connectivity index (χ0v) is 23.1. The quantitative estimate of drug-likeness (QED) is 0.398. The highest BCUT2D eigenvalue weighted by Crippen LogP contribution is 2.53. The van der Waals surface area contributed by atoms with Gasteiger partial charge in [-0.3, -0.25) is 13.9 Å². The number of ether oxygens (including phenoxy) is 4. The van der Waals surface area contributed by atoms with Crippen LogP contribution >= 0.6 is 16.9 Å². The van der Waals surface area contributed by atoms with E-state index < -0.39 is 25.9 Å². The van der Waals surface area contributed by atoms with Gasteiger partial charge in [0.25, 0.3) is 0 Å². The second-order valence-corrected chi connectivity index (χ2v) is 13.5. The maximum Gasteiger partial charge on any atom is 0.231 e. The Kier molecular flexibility index (Phi) is 8.05. The van der Waals surface area contributed by atoms with E-state index in [0.717, 1.165) is 19.3 Å². The van der Waals surface area contributed by atoms with Crippen LogP contribution in [0.1, 0.15) is 80.1 Å². The molecule has 0 bridgehead atoms. The van der Waals surface area contributed by atoms with Crippen molar-refractivity contribution in [3.63, 3.8) is 0 Å². The minimum atomic E-state index is -0.695. The highest BCUT2D eigenvalue weighted by Gasteiger charge is 2.60. The lowest BCUT2D eigenvalue weighted by atomic mass is 9.77. The molecule has 0 aromatic heterocycles. The summed E-state index contributed by atoms with van der Waals surface area (Å²) in [6, 6.07) is 0. The molecule has 10 atom stereocenters. The Bertz CT molecular complexity index is 791. The van der Waals surface area contributed by atoms with Crippen LogP contribution in [0.15, 0.2) is 0 Å². The summed E-state index contributed by atoms with van der Waals surface area (Å²) in [5.74, 6) is 0.706. The molecule has 34 heavy (non-hydrogen) atoms. The third kappa shape index (κ3) is 5.08. The first kappa shape index (κ1) is 26.8. The van der Waals surface area contributed by atoms with E-state index >= 15 is 0 Å². The third-order valence-corrected chi connectivity index (χ3v) is 9.62. The summed E-state index contributed by atoms with van der Waals surface area (Å²) >= 11 is 0. The Morgan fingerprint density at radius 2 is 1.59 bits per heavy atom. The molecule has 0 amide bonds. The van der Waals surface area contributed by atoms with Gasteiger partial charge >= 0.3 is 0 Å². The highest BCUT2D eigenvalue weighted by atomic mass is 31.1. The second kappa shape index (κ2) is 10.2. The van der Waals surface area contributed by atoms with Crippen molar-refractivity contribution in [2.75, 3.05) is 0 Å². The third-order valence-electron chi connectivity index (χ3n) is 8.42. The van der Waals surface area contributed by atoms with E-state index in [-0.39, 0.29) is 56.5 Å². The molecule has 9 heteroatoms. The number of fused-ring (bicyclic) bond motifs is 2. The van der Waals surface area contributed by atoms with E-state index in [1.54, 1.807) is 0 Å². The van der Waals surface area contributed by atoms with Crippen LogP contribution in [0.4, 0.5) is 0 Å². The second-order valence-electron chi connectivity index (χ2n) is 11.9. The largest absolute Gasteiger partial charge is 0.370 e. The maximum atomic E-state index is 11.9. The van der Waals surface area contributed by atoms with Crippen molar-refractivity contribution in [1.82, 2.24) is 0 Å². The predicted octanol–water partition coefficient (Wildman–Crippen LogP) is 5.79. The molecule has 1 spiro atoms. The van der Waals surface area contributed by atoms with E-state index in [0.29, 0.717) is 30.6 Å². The van der Waals surface area contributed by atoms with Crippen LogP contribution in [0.25, 0.3) is 0 Å². The molecule has 0 radical (unpaired) electrons. The van der Waals surface area contributed by atoms with Gasteiger partial charge in [0.15, 0.2) is 14.2 Å². The molecular formula is C25H40O7P2. The molecule has 0 aromatic rings. The minimum Gasteiger partial charge on any atom is -0.370 e. The van der Waals surface area contributed by atoms with Gasteiger partial charge in [-0.1, -0.05) is 41.5 Å². The van der Waals surface area contributed by atoms with Gasteiger partial charge in [-0.2, -0.15) is 0 Å². The fourth-order valence-corrected chi connectivity index (χ4v) is 7.83. The normalized spacial score (nSPS) is 46.8. The average molecular weight is 515 g/mol. The Morgan fingerprint density at radius 3 is 2.18 bits per heavy atom. The minimum absolute atomic E-state index is 0.00646. The summed E-state index contributed by atoms with van der Waals surface area (Å²) < 4.78 is 49.4. The van der Waals surface area contributed by atoms with Crippen molar-refractivity contribution in [2.45, 2.75) is 128 Å². The molecule has 0 aliphatic carbocycles. The van der Waals surface area contributed by atoms with Crippen LogP contribution in [0, 0.1) is 23.7 Å². The summed E-state index contributed by atoms with van der Waals surface area (Å²) in [6.45, 7) is 13.4. The Hall–Kier alpha value is -0.290. The van der Waals surface area contributed by atoms with E-state index in [9.17, 15) is 13.9 Å². The van der Waals surface area contributed by atoms with Crippen LogP contribution in [0.3, 0.4) is 0 Å². The van der Waals surface area contributed by atoms with Gasteiger partial charge in [-0.15, -0.1) is 0 Å². The van der Waals surface area contributed by atoms with Gasteiger partial charge in [-0.05, 0) is 36.5 Å². The lowest BCUT2D eigenvalue weighted by Gasteiger charge is -2.54. The first-order chi connectivity index (χ1) is 16.0. The molecule has 4 heterocycles. The smallest absolute Gasteiger partial charge is 0.231 e. The first-order valence-electron chi connectivity index (χ1n) is 12.9. The number of hydrogen-bond donors (Lipinski definition) is 0. The molecule has 4 fully saturated rings. The number of hydrogen-bond acceptors (Lipinski definition) is 7. The molecule has 4 rings (SSSR count). The van der Waals surface area contributed by atoms with Gasteiger partial charge in [0.05, 0.1) is 41.8 Å². The Balaban J connectivity index is 1.51. The SMILES string of the molecule is CC(C)C[C@@]1(C(C)C)C[C@@H]2O[C@]3(C[C@H](C)[C@@H]4O[C@H](CC(=O)P=O)[C@H](P=O)C[C@@H]4O3)C[C@H](C)[C@@H]2O1. The van der Waals surface area contributed by atoms with Gasteiger partial charge < -0.3 is 18.9 Å². The monoisotopic (exact) mass is 514 g/mol. The molecule has 0 N–H and O–H groups in total. The zero-order valence-electron chi connectivity index (χ0n) is 21.3. The van der Waals surface area contributed by atoms with Gasteiger partial charge in [0.2, 0.25) is 14.0 Å². The van der Waals surface area contributed by atoms with Gasteiger partial charge in [-0.25, -0.2) is 0 Å². The van der Waals surface area contributed by atoms with Crippen molar-refractivity contribution < 1.29 is 32.9 Å². The molecule has 0 unspecified atom stereocenters. The molecule has 7 nitrogen and oxygen atoms in total. The molecule has 4 aliphatic heterocycles. The van der Waals surface area contributed by atoms with Crippen molar-refractivity contribution in [2.24, 2.45) is 23.7 Å². The fraction of sp³-hybridized carbons (Fsp3) is 0.960. The molecule has 0 aromatic carbocycles. The van der Waals surface area contributed by atoms with E-state index in [1.807, 2.05) is 0 Å². The maximum absolute atomic E-state index is 11.9. The van der Waals surface area contributed by atoms with E-state index in [4.69, 9.17) is 18.9 Å².